The van der Waals surface area contributed by atoms with Gasteiger partial charge in [-0.05, 0) is 36.8 Å². The summed E-state index contributed by atoms with van der Waals surface area (Å²) in [4.78, 5) is 28.0. The van der Waals surface area contributed by atoms with Crippen molar-refractivity contribution in [2.24, 2.45) is 11.8 Å². The van der Waals surface area contributed by atoms with Crippen LogP contribution in [0.15, 0.2) is 35.1 Å². The van der Waals surface area contributed by atoms with Crippen molar-refractivity contribution in [3.8, 4) is 0 Å². The Hall–Kier alpha value is -2.63. The lowest BCUT2D eigenvalue weighted by molar-refractivity contribution is 0.0677. The van der Waals surface area contributed by atoms with E-state index >= 15 is 0 Å². The van der Waals surface area contributed by atoms with E-state index in [4.69, 9.17) is 0 Å². The number of hydrogen-bond donors (Lipinski definition) is 0. The third-order valence-electron chi connectivity index (χ3n) is 5.29. The summed E-state index contributed by atoms with van der Waals surface area (Å²) in [5, 5.41) is 4.53. The average molecular weight is 366 g/mol. The summed E-state index contributed by atoms with van der Waals surface area (Å²) in [5.41, 5.74) is 2.41. The van der Waals surface area contributed by atoms with Crippen LogP contribution in [0.3, 0.4) is 0 Å². The largest absolute Gasteiger partial charge is 0.337 e. The molecular formula is C21H26N4O2. The van der Waals surface area contributed by atoms with Crippen molar-refractivity contribution in [3.05, 3.63) is 46.4 Å². The molecule has 3 heterocycles. The highest BCUT2D eigenvalue weighted by Gasteiger charge is 2.25. The number of carbonyl (C=O) groups excluding carboxylic acids is 1. The minimum atomic E-state index is -0.0963. The molecule has 1 aliphatic rings. The first-order chi connectivity index (χ1) is 13.0. The molecule has 3 aromatic rings. The summed E-state index contributed by atoms with van der Waals surface area (Å²) in [7, 11) is 0. The number of rotatable bonds is 3. The van der Waals surface area contributed by atoms with E-state index < -0.39 is 0 Å². The van der Waals surface area contributed by atoms with E-state index in [9.17, 15) is 9.59 Å². The zero-order valence-corrected chi connectivity index (χ0v) is 16.2. The fourth-order valence-corrected chi connectivity index (χ4v) is 4.02. The molecule has 0 spiro atoms. The Morgan fingerprint density at radius 2 is 1.96 bits per heavy atom. The molecule has 2 aromatic heterocycles. The molecule has 0 radical (unpaired) electrons. The van der Waals surface area contributed by atoms with Crippen molar-refractivity contribution in [2.45, 2.75) is 40.2 Å². The van der Waals surface area contributed by atoms with Gasteiger partial charge in [-0.1, -0.05) is 32.9 Å². The number of piperidine rings is 1. The average Bonchev–Trinajstić information content (AvgIpc) is 3.10. The Balaban J connectivity index is 1.87. The van der Waals surface area contributed by atoms with Gasteiger partial charge in [0.1, 0.15) is 5.52 Å². The second kappa shape index (κ2) is 6.83. The lowest BCUT2D eigenvalue weighted by Crippen LogP contribution is -2.39. The normalized spacial score (nSPS) is 17.9. The predicted molar refractivity (Wildman–Crippen MR) is 106 cm³/mol. The van der Waals surface area contributed by atoms with Crippen LogP contribution in [0.5, 0.6) is 0 Å². The van der Waals surface area contributed by atoms with Gasteiger partial charge in [0, 0.05) is 25.7 Å². The monoisotopic (exact) mass is 366 g/mol. The Morgan fingerprint density at radius 3 is 2.67 bits per heavy atom. The maximum absolute atomic E-state index is 13.1. The van der Waals surface area contributed by atoms with E-state index in [1.165, 1.54) is 0 Å². The van der Waals surface area contributed by atoms with Gasteiger partial charge in [-0.3, -0.25) is 9.59 Å². The molecule has 1 aliphatic heterocycles. The van der Waals surface area contributed by atoms with E-state index in [0.717, 1.165) is 37.0 Å². The first-order valence-electron chi connectivity index (χ1n) is 9.76. The molecule has 142 valence electrons. The van der Waals surface area contributed by atoms with Crippen LogP contribution in [-0.2, 0) is 6.54 Å². The number of likely N-dealkylation sites (tertiary alicyclic amines) is 1. The summed E-state index contributed by atoms with van der Waals surface area (Å²) in [6.07, 6.45) is 2.17. The van der Waals surface area contributed by atoms with Crippen molar-refractivity contribution in [1.29, 1.82) is 0 Å². The molecule has 1 aromatic carbocycles. The van der Waals surface area contributed by atoms with Crippen LogP contribution in [0.25, 0.3) is 16.6 Å². The van der Waals surface area contributed by atoms with Crippen LogP contribution >= 0.6 is 0 Å². The zero-order valence-electron chi connectivity index (χ0n) is 16.2. The van der Waals surface area contributed by atoms with Gasteiger partial charge in [0.15, 0.2) is 5.69 Å². The highest BCUT2D eigenvalue weighted by Crippen LogP contribution is 2.20. The minimum Gasteiger partial charge on any atom is -0.337 e. The second-order valence-corrected chi connectivity index (χ2v) is 8.12. The second-order valence-electron chi connectivity index (χ2n) is 8.12. The summed E-state index contributed by atoms with van der Waals surface area (Å²) in [6, 6.07) is 9.40. The summed E-state index contributed by atoms with van der Waals surface area (Å²) in [5.74, 6) is 0.764. The number of fused-ring (bicyclic) bond motifs is 3. The van der Waals surface area contributed by atoms with Crippen LogP contribution in [0.4, 0.5) is 0 Å². The van der Waals surface area contributed by atoms with E-state index in [-0.39, 0.29) is 11.5 Å². The SMILES string of the molecule is CC(C)Cn1c(=O)c2cc(C(=O)N3CCC[C@H](C)C3)nn2c2ccccc21. The molecule has 4 rings (SSSR count). The van der Waals surface area contributed by atoms with Gasteiger partial charge in [-0.25, -0.2) is 4.52 Å². The molecule has 1 atom stereocenters. The molecular weight excluding hydrogens is 340 g/mol. The fourth-order valence-electron chi connectivity index (χ4n) is 4.02. The number of amides is 1. The number of para-hydroxylation sites is 2. The molecule has 0 N–H and O–H groups in total. The number of benzene rings is 1. The lowest BCUT2D eigenvalue weighted by atomic mass is 10.00. The van der Waals surface area contributed by atoms with Crippen LogP contribution in [0.1, 0.15) is 44.1 Å². The summed E-state index contributed by atoms with van der Waals surface area (Å²) >= 11 is 0. The number of nitrogens with zero attached hydrogens (tertiary/aromatic N) is 4. The Kier molecular flexibility index (Phi) is 4.50. The van der Waals surface area contributed by atoms with Gasteiger partial charge >= 0.3 is 0 Å². The minimum absolute atomic E-state index is 0.0795. The van der Waals surface area contributed by atoms with Gasteiger partial charge in [0.25, 0.3) is 11.5 Å². The van der Waals surface area contributed by atoms with Crippen molar-refractivity contribution in [2.75, 3.05) is 13.1 Å². The quantitative estimate of drug-likeness (QED) is 0.715. The Morgan fingerprint density at radius 1 is 1.22 bits per heavy atom. The van der Waals surface area contributed by atoms with E-state index in [1.54, 1.807) is 15.1 Å². The smallest absolute Gasteiger partial charge is 0.277 e. The van der Waals surface area contributed by atoms with E-state index in [0.29, 0.717) is 29.6 Å². The topological polar surface area (TPSA) is 59.6 Å². The van der Waals surface area contributed by atoms with Crippen molar-refractivity contribution >= 4 is 22.5 Å². The van der Waals surface area contributed by atoms with Crippen LogP contribution in [-0.4, -0.2) is 38.1 Å². The summed E-state index contributed by atoms with van der Waals surface area (Å²) < 4.78 is 3.43. The third kappa shape index (κ3) is 3.13. The highest BCUT2D eigenvalue weighted by molar-refractivity contribution is 5.94. The zero-order chi connectivity index (χ0) is 19.1. The van der Waals surface area contributed by atoms with Crippen LogP contribution in [0.2, 0.25) is 0 Å². The maximum Gasteiger partial charge on any atom is 0.277 e. The highest BCUT2D eigenvalue weighted by atomic mass is 16.2. The Labute approximate surface area is 158 Å². The van der Waals surface area contributed by atoms with Gasteiger partial charge in [-0.2, -0.15) is 5.10 Å². The molecule has 6 heteroatoms. The number of carbonyl (C=O) groups is 1. The van der Waals surface area contributed by atoms with Crippen molar-refractivity contribution < 1.29 is 4.79 Å². The van der Waals surface area contributed by atoms with Gasteiger partial charge in [0.05, 0.1) is 11.0 Å². The lowest BCUT2D eigenvalue weighted by Gasteiger charge is -2.30. The molecule has 27 heavy (non-hydrogen) atoms. The molecule has 1 fully saturated rings. The van der Waals surface area contributed by atoms with Crippen LogP contribution in [0, 0.1) is 11.8 Å². The van der Waals surface area contributed by atoms with E-state index in [1.807, 2.05) is 29.2 Å². The molecule has 0 aliphatic carbocycles. The van der Waals surface area contributed by atoms with Crippen LogP contribution < -0.4 is 5.56 Å². The molecule has 1 amide bonds. The summed E-state index contributed by atoms with van der Waals surface area (Å²) in [6.45, 7) is 8.50. The predicted octanol–water partition coefficient (Wildman–Crippen LogP) is 3.18. The standard InChI is InChI=1S/C21H26N4O2/c1-14(2)12-24-17-8-4-5-9-18(17)25-19(21(24)27)11-16(22-25)20(26)23-10-6-7-15(3)13-23/h4-5,8-9,11,14-15H,6-7,10,12-13H2,1-3H3/t15-/m0/s1. The molecule has 6 nitrogen and oxygen atoms in total. The Bertz CT molecular complexity index is 1060. The first kappa shape index (κ1) is 17.8. The first-order valence-corrected chi connectivity index (χ1v) is 9.76. The van der Waals surface area contributed by atoms with Gasteiger partial charge in [0.2, 0.25) is 0 Å². The fraction of sp³-hybridized carbons (Fsp3) is 0.476. The molecule has 0 unspecified atom stereocenters. The van der Waals surface area contributed by atoms with Crippen molar-refractivity contribution in [3.63, 3.8) is 0 Å². The van der Waals surface area contributed by atoms with Gasteiger partial charge in [-0.15, -0.1) is 0 Å². The molecule has 0 bridgehead atoms. The molecule has 1 saturated heterocycles. The van der Waals surface area contributed by atoms with Crippen molar-refractivity contribution in [1.82, 2.24) is 19.1 Å². The third-order valence-corrected chi connectivity index (χ3v) is 5.29. The van der Waals surface area contributed by atoms with Gasteiger partial charge < -0.3 is 9.47 Å². The number of aromatic nitrogens is 3. The molecule has 0 saturated carbocycles. The van der Waals surface area contributed by atoms with E-state index in [2.05, 4.69) is 25.9 Å². The maximum atomic E-state index is 13.1. The number of hydrogen-bond acceptors (Lipinski definition) is 3.